The third kappa shape index (κ3) is 8.44. The zero-order valence-corrected chi connectivity index (χ0v) is 12.6. The van der Waals surface area contributed by atoms with Crippen LogP contribution in [0.3, 0.4) is 0 Å². The van der Waals surface area contributed by atoms with Gasteiger partial charge in [0.25, 0.3) is 0 Å². The van der Waals surface area contributed by atoms with E-state index in [9.17, 15) is 4.79 Å². The molecule has 0 bridgehead atoms. The predicted octanol–water partition coefficient (Wildman–Crippen LogP) is 0.112. The highest BCUT2D eigenvalue weighted by atomic mass is 16.1. The molecule has 1 amide bonds. The SMILES string of the molecule is CCCN(CCN(C)C)CC(NC(C)C)C(N)=O. The first kappa shape index (κ1) is 17.4. The van der Waals surface area contributed by atoms with Crippen LogP contribution in [0, 0.1) is 0 Å². The monoisotopic (exact) mass is 258 g/mol. The molecule has 0 aliphatic carbocycles. The summed E-state index contributed by atoms with van der Waals surface area (Å²) in [6.07, 6.45) is 1.08. The molecule has 1 unspecified atom stereocenters. The number of primary amides is 1. The molecule has 0 saturated heterocycles. The maximum atomic E-state index is 11.4. The summed E-state index contributed by atoms with van der Waals surface area (Å²) in [7, 11) is 4.12. The highest BCUT2D eigenvalue weighted by Gasteiger charge is 2.19. The summed E-state index contributed by atoms with van der Waals surface area (Å²) in [6.45, 7) is 9.85. The predicted molar refractivity (Wildman–Crippen MR) is 76.5 cm³/mol. The molecule has 0 radical (unpaired) electrons. The summed E-state index contributed by atoms with van der Waals surface area (Å²) in [6, 6.07) is -0.00135. The molecule has 0 fully saturated rings. The molecule has 5 heteroatoms. The average Bonchev–Trinajstić information content (AvgIpc) is 2.24. The lowest BCUT2D eigenvalue weighted by atomic mass is 10.2. The fourth-order valence-electron chi connectivity index (χ4n) is 1.84. The van der Waals surface area contributed by atoms with E-state index in [0.717, 1.165) is 26.1 Å². The minimum absolute atomic E-state index is 0.264. The standard InChI is InChI=1S/C13H30N4O/c1-6-7-17(9-8-16(4)5)10-12(13(14)18)15-11(2)3/h11-12,15H,6-10H2,1-5H3,(H2,14,18). The van der Waals surface area contributed by atoms with Crippen LogP contribution in [0.25, 0.3) is 0 Å². The van der Waals surface area contributed by atoms with Gasteiger partial charge in [0.05, 0.1) is 6.04 Å². The third-order valence-electron chi connectivity index (χ3n) is 2.72. The number of carbonyl (C=O) groups is 1. The van der Waals surface area contributed by atoms with E-state index < -0.39 is 0 Å². The van der Waals surface area contributed by atoms with Crippen molar-refractivity contribution in [3.8, 4) is 0 Å². The van der Waals surface area contributed by atoms with Crippen molar-refractivity contribution in [3.05, 3.63) is 0 Å². The summed E-state index contributed by atoms with van der Waals surface area (Å²) in [4.78, 5) is 15.9. The number of nitrogens with zero attached hydrogens (tertiary/aromatic N) is 2. The van der Waals surface area contributed by atoms with E-state index in [1.54, 1.807) is 0 Å². The lowest BCUT2D eigenvalue weighted by Gasteiger charge is -2.28. The third-order valence-corrected chi connectivity index (χ3v) is 2.72. The van der Waals surface area contributed by atoms with Crippen LogP contribution >= 0.6 is 0 Å². The fraction of sp³-hybridized carbons (Fsp3) is 0.923. The lowest BCUT2D eigenvalue weighted by Crippen LogP contribution is -2.52. The summed E-state index contributed by atoms with van der Waals surface area (Å²) < 4.78 is 0. The molecule has 18 heavy (non-hydrogen) atoms. The highest BCUT2D eigenvalue weighted by molar-refractivity contribution is 5.80. The van der Waals surface area contributed by atoms with Gasteiger partial charge in [-0.25, -0.2) is 0 Å². The first-order chi connectivity index (χ1) is 8.36. The maximum Gasteiger partial charge on any atom is 0.235 e. The van der Waals surface area contributed by atoms with Gasteiger partial charge in [-0.05, 0) is 27.1 Å². The van der Waals surface area contributed by atoms with Gasteiger partial charge in [0.15, 0.2) is 0 Å². The molecule has 108 valence electrons. The Morgan fingerprint density at radius 1 is 1.22 bits per heavy atom. The largest absolute Gasteiger partial charge is 0.368 e. The number of nitrogens with two attached hydrogens (primary N) is 1. The molecule has 0 aliphatic rings. The number of amides is 1. The van der Waals surface area contributed by atoms with Crippen molar-refractivity contribution in [2.75, 3.05) is 40.3 Å². The quantitative estimate of drug-likeness (QED) is 0.584. The van der Waals surface area contributed by atoms with Crippen molar-refractivity contribution in [1.82, 2.24) is 15.1 Å². The minimum Gasteiger partial charge on any atom is -0.368 e. The Morgan fingerprint density at radius 2 is 1.83 bits per heavy atom. The molecule has 0 rings (SSSR count). The van der Waals surface area contributed by atoms with E-state index in [1.165, 1.54) is 0 Å². The highest BCUT2D eigenvalue weighted by Crippen LogP contribution is 1.97. The fourth-order valence-corrected chi connectivity index (χ4v) is 1.84. The van der Waals surface area contributed by atoms with Gasteiger partial charge >= 0.3 is 0 Å². The lowest BCUT2D eigenvalue weighted by molar-refractivity contribution is -0.120. The Balaban J connectivity index is 4.35. The summed E-state index contributed by atoms with van der Waals surface area (Å²) >= 11 is 0. The van der Waals surface area contributed by atoms with Crippen LogP contribution in [0.15, 0.2) is 0 Å². The molecular weight excluding hydrogens is 228 g/mol. The van der Waals surface area contributed by atoms with Gasteiger partial charge in [-0.2, -0.15) is 0 Å². The first-order valence-corrected chi connectivity index (χ1v) is 6.79. The molecule has 5 nitrogen and oxygen atoms in total. The number of likely N-dealkylation sites (N-methyl/N-ethyl adjacent to an activating group) is 1. The number of nitrogens with one attached hydrogen (secondary N) is 1. The van der Waals surface area contributed by atoms with Crippen molar-refractivity contribution in [2.24, 2.45) is 5.73 Å². The minimum atomic E-state index is -0.269. The summed E-state index contributed by atoms with van der Waals surface area (Å²) in [5, 5.41) is 3.23. The molecule has 0 aromatic rings. The molecule has 0 aromatic heterocycles. The summed E-state index contributed by atoms with van der Waals surface area (Å²) in [5.74, 6) is -0.269. The van der Waals surface area contributed by atoms with Crippen molar-refractivity contribution >= 4 is 5.91 Å². The Bertz CT molecular complexity index is 231. The molecular formula is C13H30N4O. The van der Waals surface area contributed by atoms with Crippen LogP contribution in [0.2, 0.25) is 0 Å². The molecule has 0 saturated carbocycles. The molecule has 0 aromatic carbocycles. The van der Waals surface area contributed by atoms with Gasteiger partial charge in [0, 0.05) is 25.7 Å². The van der Waals surface area contributed by atoms with Crippen LogP contribution in [-0.4, -0.2) is 68.1 Å². The number of hydrogen-bond acceptors (Lipinski definition) is 4. The number of hydrogen-bond donors (Lipinski definition) is 2. The first-order valence-electron chi connectivity index (χ1n) is 6.79. The van der Waals surface area contributed by atoms with E-state index in [0.29, 0.717) is 6.54 Å². The number of carbonyl (C=O) groups excluding carboxylic acids is 1. The van der Waals surface area contributed by atoms with Gasteiger partial charge in [0.2, 0.25) is 5.91 Å². The van der Waals surface area contributed by atoms with Crippen LogP contribution in [0.5, 0.6) is 0 Å². The van der Waals surface area contributed by atoms with Gasteiger partial charge in [-0.1, -0.05) is 20.8 Å². The van der Waals surface area contributed by atoms with Gasteiger partial charge < -0.3 is 16.0 Å². The van der Waals surface area contributed by atoms with Crippen molar-refractivity contribution in [1.29, 1.82) is 0 Å². The van der Waals surface area contributed by atoms with Crippen LogP contribution in [-0.2, 0) is 4.79 Å². The van der Waals surface area contributed by atoms with E-state index in [2.05, 4.69) is 36.1 Å². The molecule has 3 N–H and O–H groups in total. The molecule has 1 atom stereocenters. The van der Waals surface area contributed by atoms with E-state index in [-0.39, 0.29) is 18.0 Å². The Labute approximate surface area is 112 Å². The molecule has 0 aliphatic heterocycles. The molecule has 0 spiro atoms. The summed E-state index contributed by atoms with van der Waals surface area (Å²) in [5.41, 5.74) is 5.45. The van der Waals surface area contributed by atoms with E-state index >= 15 is 0 Å². The van der Waals surface area contributed by atoms with E-state index in [4.69, 9.17) is 5.73 Å². The van der Waals surface area contributed by atoms with Gasteiger partial charge in [-0.3, -0.25) is 9.69 Å². The average molecular weight is 258 g/mol. The second kappa shape index (κ2) is 9.30. The zero-order valence-electron chi connectivity index (χ0n) is 12.6. The maximum absolute atomic E-state index is 11.4. The van der Waals surface area contributed by atoms with Crippen molar-refractivity contribution < 1.29 is 4.79 Å². The normalized spacial score (nSPS) is 13.6. The van der Waals surface area contributed by atoms with Gasteiger partial charge in [0.1, 0.15) is 0 Å². The second-order valence-corrected chi connectivity index (χ2v) is 5.38. The Hall–Kier alpha value is -0.650. The van der Waals surface area contributed by atoms with Crippen LogP contribution < -0.4 is 11.1 Å². The smallest absolute Gasteiger partial charge is 0.235 e. The van der Waals surface area contributed by atoms with Crippen molar-refractivity contribution in [2.45, 2.75) is 39.3 Å². The second-order valence-electron chi connectivity index (χ2n) is 5.38. The van der Waals surface area contributed by atoms with Crippen LogP contribution in [0.4, 0.5) is 0 Å². The van der Waals surface area contributed by atoms with E-state index in [1.807, 2.05) is 13.8 Å². The van der Waals surface area contributed by atoms with Crippen LogP contribution in [0.1, 0.15) is 27.2 Å². The topological polar surface area (TPSA) is 61.6 Å². The molecule has 0 heterocycles. The zero-order chi connectivity index (χ0) is 14.1. The Kier molecular flexibility index (Phi) is 8.97. The van der Waals surface area contributed by atoms with Gasteiger partial charge in [-0.15, -0.1) is 0 Å². The van der Waals surface area contributed by atoms with Crippen molar-refractivity contribution in [3.63, 3.8) is 0 Å². The Morgan fingerprint density at radius 3 is 2.22 bits per heavy atom. The number of rotatable bonds is 10.